The molecule has 5 heteroatoms. The lowest BCUT2D eigenvalue weighted by atomic mass is 9.98. The maximum absolute atomic E-state index is 11.9. The first-order valence-corrected chi connectivity index (χ1v) is 8.25. The van der Waals surface area contributed by atoms with Gasteiger partial charge < -0.3 is 15.0 Å². The van der Waals surface area contributed by atoms with E-state index in [4.69, 9.17) is 4.74 Å². The van der Waals surface area contributed by atoms with Crippen LogP contribution in [0.1, 0.15) is 37.7 Å². The number of hydrogen-bond donors (Lipinski definition) is 1. The van der Waals surface area contributed by atoms with Crippen LogP contribution in [0.3, 0.4) is 0 Å². The van der Waals surface area contributed by atoms with Crippen molar-refractivity contribution in [3.63, 3.8) is 0 Å². The first-order chi connectivity index (χ1) is 11.0. The van der Waals surface area contributed by atoms with Gasteiger partial charge >= 0.3 is 0 Å². The van der Waals surface area contributed by atoms with Gasteiger partial charge in [-0.1, -0.05) is 31.4 Å². The molecule has 0 saturated heterocycles. The van der Waals surface area contributed by atoms with Gasteiger partial charge in [-0.05, 0) is 30.5 Å². The first-order valence-electron chi connectivity index (χ1n) is 8.25. The lowest BCUT2D eigenvalue weighted by molar-refractivity contribution is -0.128. The van der Waals surface area contributed by atoms with Crippen molar-refractivity contribution in [1.82, 2.24) is 4.90 Å². The number of ether oxygens (including phenoxy) is 1. The predicted octanol–water partition coefficient (Wildman–Crippen LogP) is 2.61. The molecule has 1 aliphatic carbocycles. The molecule has 5 nitrogen and oxygen atoms in total. The second-order valence-corrected chi connectivity index (χ2v) is 6.28. The Kier molecular flexibility index (Phi) is 6.59. The minimum absolute atomic E-state index is 0.0580. The second kappa shape index (κ2) is 8.67. The monoisotopic (exact) mass is 318 g/mol. The molecule has 0 bridgehead atoms. The fourth-order valence-corrected chi connectivity index (χ4v) is 2.66. The van der Waals surface area contributed by atoms with E-state index in [2.05, 4.69) is 5.32 Å². The van der Waals surface area contributed by atoms with Gasteiger partial charge in [-0.2, -0.15) is 0 Å². The Morgan fingerprint density at radius 3 is 2.39 bits per heavy atom. The van der Waals surface area contributed by atoms with E-state index in [1.807, 2.05) is 24.3 Å². The van der Waals surface area contributed by atoms with E-state index in [0.717, 1.165) is 24.1 Å². The molecule has 1 aliphatic rings. The number of nitrogens with zero attached hydrogens (tertiary/aromatic N) is 1. The summed E-state index contributed by atoms with van der Waals surface area (Å²) < 4.78 is 5.66. The maximum atomic E-state index is 11.9. The number of carbonyl (C=O) groups is 2. The van der Waals surface area contributed by atoms with Crippen LogP contribution in [-0.2, 0) is 20.7 Å². The molecule has 0 aliphatic heterocycles. The van der Waals surface area contributed by atoms with Crippen molar-refractivity contribution in [3.8, 4) is 0 Å². The molecule has 1 N–H and O–H groups in total. The van der Waals surface area contributed by atoms with Crippen molar-refractivity contribution in [3.05, 3.63) is 29.8 Å². The molecule has 2 rings (SSSR count). The van der Waals surface area contributed by atoms with Crippen LogP contribution in [-0.4, -0.2) is 43.5 Å². The van der Waals surface area contributed by atoms with Crippen molar-refractivity contribution >= 4 is 17.5 Å². The van der Waals surface area contributed by atoms with Gasteiger partial charge in [0.25, 0.3) is 0 Å². The fraction of sp³-hybridized carbons (Fsp3) is 0.556. The van der Waals surface area contributed by atoms with Gasteiger partial charge in [0, 0.05) is 19.8 Å². The summed E-state index contributed by atoms with van der Waals surface area (Å²) in [6.45, 7) is 0.103. The van der Waals surface area contributed by atoms with Gasteiger partial charge in [-0.15, -0.1) is 0 Å². The molecule has 0 radical (unpaired) electrons. The first kappa shape index (κ1) is 17.5. The Morgan fingerprint density at radius 2 is 1.78 bits per heavy atom. The topological polar surface area (TPSA) is 58.6 Å². The standard InChI is InChI=1S/C18H26N2O3/c1-20(2)18(22)12-14-8-10-15(11-9-14)19-17(21)13-23-16-6-4-3-5-7-16/h8-11,16H,3-7,12-13H2,1-2H3,(H,19,21). The molecule has 2 amide bonds. The predicted molar refractivity (Wildman–Crippen MR) is 90.3 cm³/mol. The highest BCUT2D eigenvalue weighted by Crippen LogP contribution is 2.20. The van der Waals surface area contributed by atoms with Crippen molar-refractivity contribution in [2.75, 3.05) is 26.0 Å². The van der Waals surface area contributed by atoms with Crippen LogP contribution in [0, 0.1) is 0 Å². The molecule has 1 aromatic carbocycles. The third kappa shape index (κ3) is 6.02. The normalized spacial score (nSPS) is 15.2. The van der Waals surface area contributed by atoms with Crippen LogP contribution in [0.15, 0.2) is 24.3 Å². The Morgan fingerprint density at radius 1 is 1.13 bits per heavy atom. The summed E-state index contributed by atoms with van der Waals surface area (Å²) in [5.74, 6) is -0.0737. The van der Waals surface area contributed by atoms with Gasteiger partial charge in [0.2, 0.25) is 11.8 Å². The molecule has 0 heterocycles. The molecule has 1 aromatic rings. The highest BCUT2D eigenvalue weighted by atomic mass is 16.5. The van der Waals surface area contributed by atoms with Crippen LogP contribution in [0.2, 0.25) is 0 Å². The van der Waals surface area contributed by atoms with E-state index >= 15 is 0 Å². The molecule has 1 saturated carbocycles. The van der Waals surface area contributed by atoms with E-state index < -0.39 is 0 Å². The van der Waals surface area contributed by atoms with Crippen LogP contribution in [0.5, 0.6) is 0 Å². The summed E-state index contributed by atoms with van der Waals surface area (Å²) in [6, 6.07) is 7.35. The fourth-order valence-electron chi connectivity index (χ4n) is 2.66. The zero-order valence-electron chi connectivity index (χ0n) is 14.0. The Bertz CT molecular complexity index is 520. The number of likely N-dealkylation sites (N-methyl/N-ethyl adjacent to an activating group) is 1. The van der Waals surface area contributed by atoms with Gasteiger partial charge in [-0.25, -0.2) is 0 Å². The number of hydrogen-bond acceptors (Lipinski definition) is 3. The molecule has 0 atom stereocenters. The van der Waals surface area contributed by atoms with Gasteiger partial charge in [0.1, 0.15) is 6.61 Å². The Hall–Kier alpha value is -1.88. The van der Waals surface area contributed by atoms with Crippen LogP contribution in [0.25, 0.3) is 0 Å². The van der Waals surface area contributed by atoms with Crippen LogP contribution >= 0.6 is 0 Å². The van der Waals surface area contributed by atoms with Crippen molar-refractivity contribution < 1.29 is 14.3 Å². The summed E-state index contributed by atoms with van der Waals surface area (Å²) in [6.07, 6.45) is 6.37. The highest BCUT2D eigenvalue weighted by molar-refractivity contribution is 5.91. The highest BCUT2D eigenvalue weighted by Gasteiger charge is 2.15. The third-order valence-electron chi connectivity index (χ3n) is 4.09. The average molecular weight is 318 g/mol. The minimum Gasteiger partial charge on any atom is -0.368 e. The SMILES string of the molecule is CN(C)C(=O)Cc1ccc(NC(=O)COC2CCCCC2)cc1. The zero-order chi connectivity index (χ0) is 16.7. The summed E-state index contributed by atoms with van der Waals surface area (Å²) in [5, 5.41) is 2.83. The number of benzene rings is 1. The molecular formula is C18H26N2O3. The van der Waals surface area contributed by atoms with Gasteiger partial charge in [0.15, 0.2) is 0 Å². The average Bonchev–Trinajstić information content (AvgIpc) is 2.55. The maximum Gasteiger partial charge on any atom is 0.250 e. The number of anilines is 1. The molecule has 23 heavy (non-hydrogen) atoms. The molecule has 0 aromatic heterocycles. The van der Waals surface area contributed by atoms with Crippen LogP contribution < -0.4 is 5.32 Å². The van der Waals surface area contributed by atoms with Gasteiger partial charge in [-0.3, -0.25) is 9.59 Å². The lowest BCUT2D eigenvalue weighted by Crippen LogP contribution is -2.25. The number of rotatable bonds is 6. The molecule has 1 fully saturated rings. The summed E-state index contributed by atoms with van der Waals surface area (Å²) in [5.41, 5.74) is 1.66. The Balaban J connectivity index is 1.76. The largest absolute Gasteiger partial charge is 0.368 e. The zero-order valence-corrected chi connectivity index (χ0v) is 14.0. The molecule has 0 spiro atoms. The number of carbonyl (C=O) groups excluding carboxylic acids is 2. The second-order valence-electron chi connectivity index (χ2n) is 6.28. The molecule has 0 unspecified atom stereocenters. The quantitative estimate of drug-likeness (QED) is 0.877. The van der Waals surface area contributed by atoms with Crippen LogP contribution in [0.4, 0.5) is 5.69 Å². The number of nitrogens with one attached hydrogen (secondary N) is 1. The van der Waals surface area contributed by atoms with Gasteiger partial charge in [0.05, 0.1) is 12.5 Å². The van der Waals surface area contributed by atoms with E-state index in [9.17, 15) is 9.59 Å². The van der Waals surface area contributed by atoms with Crippen molar-refractivity contribution in [2.24, 2.45) is 0 Å². The Labute approximate surface area is 138 Å². The van der Waals surface area contributed by atoms with E-state index in [-0.39, 0.29) is 24.5 Å². The van der Waals surface area contributed by atoms with Crippen molar-refractivity contribution in [2.45, 2.75) is 44.6 Å². The minimum atomic E-state index is -0.132. The molecular weight excluding hydrogens is 292 g/mol. The summed E-state index contributed by atoms with van der Waals surface area (Å²) in [4.78, 5) is 25.1. The summed E-state index contributed by atoms with van der Waals surface area (Å²) in [7, 11) is 3.48. The van der Waals surface area contributed by atoms with E-state index in [0.29, 0.717) is 6.42 Å². The summed E-state index contributed by atoms with van der Waals surface area (Å²) >= 11 is 0. The lowest BCUT2D eigenvalue weighted by Gasteiger charge is -2.21. The molecule has 126 valence electrons. The third-order valence-corrected chi connectivity index (χ3v) is 4.09. The van der Waals surface area contributed by atoms with Crippen molar-refractivity contribution in [1.29, 1.82) is 0 Å². The van der Waals surface area contributed by atoms with E-state index in [1.54, 1.807) is 19.0 Å². The van der Waals surface area contributed by atoms with E-state index in [1.165, 1.54) is 19.3 Å². The smallest absolute Gasteiger partial charge is 0.250 e. The number of amides is 2.